The van der Waals surface area contributed by atoms with Crippen molar-refractivity contribution in [2.75, 3.05) is 19.6 Å². The fraction of sp³-hybridized carbons (Fsp3) is 0.667. The average molecular weight is 274 g/mol. The molecule has 1 aliphatic heterocycles. The van der Waals surface area contributed by atoms with Gasteiger partial charge in [-0.2, -0.15) is 0 Å². The molecule has 1 aromatic carbocycles. The van der Waals surface area contributed by atoms with E-state index in [1.807, 2.05) is 0 Å². The van der Waals surface area contributed by atoms with Crippen molar-refractivity contribution in [3.8, 4) is 0 Å². The van der Waals surface area contributed by atoms with Crippen LogP contribution in [0.1, 0.15) is 51.6 Å². The summed E-state index contributed by atoms with van der Waals surface area (Å²) in [6, 6.07) is 10.6. The van der Waals surface area contributed by atoms with Crippen LogP contribution in [0.2, 0.25) is 0 Å². The second-order valence-corrected chi connectivity index (χ2v) is 7.23. The molecular formula is C18H30N2. The minimum atomic E-state index is 0.146. The molecule has 1 saturated heterocycles. The molecule has 1 heterocycles. The minimum Gasteiger partial charge on any atom is -0.324 e. The highest BCUT2D eigenvalue weighted by Gasteiger charge is 2.25. The summed E-state index contributed by atoms with van der Waals surface area (Å²) in [6.07, 6.45) is 3.98. The molecule has 0 aromatic heterocycles. The molecule has 112 valence electrons. The number of nitrogens with zero attached hydrogens (tertiary/aromatic N) is 1. The van der Waals surface area contributed by atoms with E-state index in [1.54, 1.807) is 0 Å². The Morgan fingerprint density at radius 3 is 2.55 bits per heavy atom. The molecule has 0 bridgehead atoms. The number of rotatable bonds is 4. The molecule has 2 heteroatoms. The molecule has 0 spiro atoms. The molecule has 2 nitrogen and oxygen atoms in total. The van der Waals surface area contributed by atoms with Gasteiger partial charge in [0.25, 0.3) is 0 Å². The van der Waals surface area contributed by atoms with Gasteiger partial charge >= 0.3 is 0 Å². The average Bonchev–Trinajstić information content (AvgIpc) is 2.60. The first-order chi connectivity index (χ1) is 9.48. The van der Waals surface area contributed by atoms with Gasteiger partial charge in [-0.1, -0.05) is 51.1 Å². The van der Waals surface area contributed by atoms with Crippen LogP contribution < -0.4 is 5.73 Å². The van der Waals surface area contributed by atoms with E-state index in [4.69, 9.17) is 5.73 Å². The standard InChI is InChI=1S/C18H30N2/c1-15(17(19)16-8-5-4-6-9-16)14-20-12-7-10-18(2,3)11-13-20/h4-6,8-9,15,17H,7,10-14,19H2,1-3H3. The van der Waals surface area contributed by atoms with Crippen molar-refractivity contribution in [3.05, 3.63) is 35.9 Å². The van der Waals surface area contributed by atoms with Crippen molar-refractivity contribution in [1.29, 1.82) is 0 Å². The van der Waals surface area contributed by atoms with E-state index in [9.17, 15) is 0 Å². The summed E-state index contributed by atoms with van der Waals surface area (Å²) < 4.78 is 0. The Bertz CT molecular complexity index is 399. The molecule has 2 rings (SSSR count). The van der Waals surface area contributed by atoms with Gasteiger partial charge in [-0.15, -0.1) is 0 Å². The van der Waals surface area contributed by atoms with Gasteiger partial charge in [0.05, 0.1) is 0 Å². The predicted octanol–water partition coefficient (Wildman–Crippen LogP) is 3.83. The molecule has 0 amide bonds. The highest BCUT2D eigenvalue weighted by molar-refractivity contribution is 5.19. The van der Waals surface area contributed by atoms with Gasteiger partial charge in [-0.25, -0.2) is 0 Å². The maximum Gasteiger partial charge on any atom is 0.0333 e. The number of likely N-dealkylation sites (tertiary alicyclic amines) is 1. The number of benzene rings is 1. The van der Waals surface area contributed by atoms with Crippen molar-refractivity contribution in [2.45, 2.75) is 46.1 Å². The molecule has 0 radical (unpaired) electrons. The Hall–Kier alpha value is -0.860. The quantitative estimate of drug-likeness (QED) is 0.904. The van der Waals surface area contributed by atoms with Gasteiger partial charge in [0.2, 0.25) is 0 Å². The highest BCUT2D eigenvalue weighted by Crippen LogP contribution is 2.30. The fourth-order valence-electron chi connectivity index (χ4n) is 3.19. The Labute approximate surface area is 124 Å². The van der Waals surface area contributed by atoms with Crippen LogP contribution in [0.4, 0.5) is 0 Å². The topological polar surface area (TPSA) is 29.3 Å². The van der Waals surface area contributed by atoms with Gasteiger partial charge in [-0.05, 0) is 49.2 Å². The molecule has 20 heavy (non-hydrogen) atoms. The van der Waals surface area contributed by atoms with Crippen molar-refractivity contribution < 1.29 is 0 Å². The van der Waals surface area contributed by atoms with Crippen LogP contribution in [0.25, 0.3) is 0 Å². The summed E-state index contributed by atoms with van der Waals surface area (Å²) in [5.74, 6) is 0.499. The zero-order valence-electron chi connectivity index (χ0n) is 13.3. The Morgan fingerprint density at radius 2 is 1.85 bits per heavy atom. The number of hydrogen-bond donors (Lipinski definition) is 1. The summed E-state index contributed by atoms with van der Waals surface area (Å²) in [6.45, 7) is 10.7. The van der Waals surface area contributed by atoms with Gasteiger partial charge in [0.1, 0.15) is 0 Å². The molecule has 2 N–H and O–H groups in total. The Morgan fingerprint density at radius 1 is 1.15 bits per heavy atom. The van der Waals surface area contributed by atoms with Crippen LogP contribution in [0.15, 0.2) is 30.3 Å². The smallest absolute Gasteiger partial charge is 0.0333 e. The second-order valence-electron chi connectivity index (χ2n) is 7.23. The third-order valence-corrected chi connectivity index (χ3v) is 4.78. The second kappa shape index (κ2) is 6.73. The van der Waals surface area contributed by atoms with Crippen LogP contribution in [-0.2, 0) is 0 Å². The van der Waals surface area contributed by atoms with E-state index in [-0.39, 0.29) is 6.04 Å². The van der Waals surface area contributed by atoms with Crippen LogP contribution in [0.3, 0.4) is 0 Å². The van der Waals surface area contributed by atoms with Gasteiger partial charge in [-0.3, -0.25) is 0 Å². The summed E-state index contributed by atoms with van der Waals surface area (Å²) in [7, 11) is 0. The molecule has 2 unspecified atom stereocenters. The van der Waals surface area contributed by atoms with Crippen LogP contribution in [0, 0.1) is 11.3 Å². The lowest BCUT2D eigenvalue weighted by Gasteiger charge is -2.28. The molecule has 1 fully saturated rings. The van der Waals surface area contributed by atoms with Crippen molar-refractivity contribution >= 4 is 0 Å². The third kappa shape index (κ3) is 4.32. The zero-order chi connectivity index (χ0) is 14.6. The lowest BCUT2D eigenvalue weighted by molar-refractivity contribution is 0.219. The largest absolute Gasteiger partial charge is 0.324 e. The van der Waals surface area contributed by atoms with E-state index >= 15 is 0 Å². The van der Waals surface area contributed by atoms with E-state index in [1.165, 1.54) is 37.9 Å². The van der Waals surface area contributed by atoms with Crippen molar-refractivity contribution in [1.82, 2.24) is 4.90 Å². The van der Waals surface area contributed by atoms with Gasteiger partial charge < -0.3 is 10.6 Å². The van der Waals surface area contributed by atoms with Crippen LogP contribution in [-0.4, -0.2) is 24.5 Å². The lowest BCUT2D eigenvalue weighted by atomic mass is 9.85. The summed E-state index contributed by atoms with van der Waals surface area (Å²) in [5.41, 5.74) is 8.19. The first-order valence-electron chi connectivity index (χ1n) is 8.01. The van der Waals surface area contributed by atoms with E-state index in [0.717, 1.165) is 6.54 Å². The number of nitrogens with two attached hydrogens (primary N) is 1. The fourth-order valence-corrected chi connectivity index (χ4v) is 3.19. The third-order valence-electron chi connectivity index (χ3n) is 4.78. The van der Waals surface area contributed by atoms with E-state index in [2.05, 4.69) is 56.0 Å². The maximum absolute atomic E-state index is 6.42. The minimum absolute atomic E-state index is 0.146. The Balaban J connectivity index is 1.89. The highest BCUT2D eigenvalue weighted by atomic mass is 15.1. The monoisotopic (exact) mass is 274 g/mol. The number of hydrogen-bond acceptors (Lipinski definition) is 2. The Kier molecular flexibility index (Phi) is 5.22. The first kappa shape index (κ1) is 15.5. The molecule has 1 aromatic rings. The first-order valence-corrected chi connectivity index (χ1v) is 8.01. The maximum atomic E-state index is 6.42. The zero-order valence-corrected chi connectivity index (χ0v) is 13.3. The molecule has 0 saturated carbocycles. The van der Waals surface area contributed by atoms with Crippen molar-refractivity contribution in [2.24, 2.45) is 17.1 Å². The molecule has 2 atom stereocenters. The van der Waals surface area contributed by atoms with Crippen LogP contribution >= 0.6 is 0 Å². The van der Waals surface area contributed by atoms with E-state index in [0.29, 0.717) is 11.3 Å². The van der Waals surface area contributed by atoms with E-state index < -0.39 is 0 Å². The predicted molar refractivity (Wildman–Crippen MR) is 86.6 cm³/mol. The molecule has 1 aliphatic rings. The van der Waals surface area contributed by atoms with Crippen LogP contribution in [0.5, 0.6) is 0 Å². The summed E-state index contributed by atoms with van der Waals surface area (Å²) >= 11 is 0. The SMILES string of the molecule is CC(CN1CCCC(C)(C)CC1)C(N)c1ccccc1. The normalized spacial score (nSPS) is 23.0. The lowest BCUT2D eigenvalue weighted by Crippen LogP contribution is -2.34. The van der Waals surface area contributed by atoms with Gasteiger partial charge in [0.15, 0.2) is 0 Å². The van der Waals surface area contributed by atoms with Crippen molar-refractivity contribution in [3.63, 3.8) is 0 Å². The summed E-state index contributed by atoms with van der Waals surface area (Å²) in [4.78, 5) is 2.61. The molecule has 0 aliphatic carbocycles. The molecular weight excluding hydrogens is 244 g/mol. The van der Waals surface area contributed by atoms with Gasteiger partial charge in [0, 0.05) is 12.6 Å². The summed E-state index contributed by atoms with van der Waals surface area (Å²) in [5, 5.41) is 0.